The minimum atomic E-state index is -1.73. The lowest BCUT2D eigenvalue weighted by atomic mass is 10.2. The highest BCUT2D eigenvalue weighted by Gasteiger charge is 2.22. The van der Waals surface area contributed by atoms with Crippen LogP contribution in [0.3, 0.4) is 0 Å². The molecule has 1 amide bonds. The number of nitro groups is 1. The number of nitrogens with one attached hydrogen (secondary N) is 1. The zero-order chi connectivity index (χ0) is 26.7. The number of anilines is 1. The van der Waals surface area contributed by atoms with Gasteiger partial charge in [0.05, 0.1) is 16.7 Å². The van der Waals surface area contributed by atoms with Gasteiger partial charge >= 0.3 is 0 Å². The number of halogens is 5. The maximum absolute atomic E-state index is 13.7. The first-order chi connectivity index (χ1) is 17.6. The van der Waals surface area contributed by atoms with E-state index in [1.165, 1.54) is 18.2 Å². The van der Waals surface area contributed by atoms with Crippen LogP contribution in [-0.4, -0.2) is 10.8 Å². The van der Waals surface area contributed by atoms with Crippen LogP contribution in [0.1, 0.15) is 16.3 Å². The van der Waals surface area contributed by atoms with Crippen molar-refractivity contribution in [1.82, 2.24) is 0 Å². The monoisotopic (exact) mass is 536 g/mol. The number of carbonyl (C=O) groups excluding carboxylic acids is 1. The van der Waals surface area contributed by atoms with E-state index in [9.17, 15) is 32.5 Å². The molecule has 0 aliphatic rings. The van der Waals surface area contributed by atoms with E-state index in [1.807, 2.05) is 0 Å². The zero-order valence-electron chi connectivity index (χ0n) is 18.3. The number of furan rings is 1. The standard InChI is InChI=1S/C24H13ClF4N2O6/c25-12-1-3-15(4-2-12)36-17-8-13(7-14(9-17)31(33)34)30-24(32)20-6-5-16(37-20)11-35-23-21(28)18(26)10-19(27)22(23)29/h1-10H,11H2,(H,30,32). The summed E-state index contributed by atoms with van der Waals surface area (Å²) in [5.41, 5.74) is -0.376. The van der Waals surface area contributed by atoms with Crippen molar-refractivity contribution in [3.05, 3.63) is 111 Å². The fourth-order valence-electron chi connectivity index (χ4n) is 3.05. The molecule has 4 rings (SSSR count). The van der Waals surface area contributed by atoms with E-state index in [4.69, 9.17) is 25.5 Å². The van der Waals surface area contributed by atoms with Crippen molar-refractivity contribution >= 4 is 28.9 Å². The van der Waals surface area contributed by atoms with Crippen LogP contribution in [-0.2, 0) is 6.61 Å². The van der Waals surface area contributed by atoms with Crippen molar-refractivity contribution < 1.29 is 41.2 Å². The molecule has 0 radical (unpaired) electrons. The van der Waals surface area contributed by atoms with Crippen LogP contribution in [0.2, 0.25) is 5.02 Å². The third-order valence-corrected chi connectivity index (χ3v) is 4.98. The molecule has 1 heterocycles. The predicted molar refractivity (Wildman–Crippen MR) is 122 cm³/mol. The first-order valence-corrected chi connectivity index (χ1v) is 10.6. The molecular weight excluding hydrogens is 524 g/mol. The van der Waals surface area contributed by atoms with Crippen molar-refractivity contribution in [3.63, 3.8) is 0 Å². The summed E-state index contributed by atoms with van der Waals surface area (Å²) in [5, 5.41) is 14.2. The van der Waals surface area contributed by atoms with Crippen molar-refractivity contribution in [2.24, 2.45) is 0 Å². The van der Waals surface area contributed by atoms with E-state index >= 15 is 0 Å². The van der Waals surface area contributed by atoms with Crippen LogP contribution in [0.15, 0.2) is 65.1 Å². The molecule has 0 spiro atoms. The lowest BCUT2D eigenvalue weighted by molar-refractivity contribution is -0.384. The van der Waals surface area contributed by atoms with E-state index < -0.39 is 46.5 Å². The highest BCUT2D eigenvalue weighted by Crippen LogP contribution is 2.31. The first kappa shape index (κ1) is 25.5. The topological polar surface area (TPSA) is 104 Å². The summed E-state index contributed by atoms with van der Waals surface area (Å²) in [6, 6.07) is 12.2. The molecular formula is C24H13ClF4N2O6. The van der Waals surface area contributed by atoms with Gasteiger partial charge in [0.2, 0.25) is 11.6 Å². The van der Waals surface area contributed by atoms with Crippen LogP contribution in [0.25, 0.3) is 0 Å². The molecule has 0 saturated heterocycles. The Morgan fingerprint density at radius 1 is 0.946 bits per heavy atom. The summed E-state index contributed by atoms with van der Waals surface area (Å²) < 4.78 is 69.7. The summed E-state index contributed by atoms with van der Waals surface area (Å²) >= 11 is 5.83. The van der Waals surface area contributed by atoms with Crippen LogP contribution >= 0.6 is 11.6 Å². The molecule has 4 aromatic rings. The molecule has 1 aromatic heterocycles. The summed E-state index contributed by atoms with van der Waals surface area (Å²) in [6.07, 6.45) is 0. The zero-order valence-corrected chi connectivity index (χ0v) is 19.0. The SMILES string of the molecule is O=C(Nc1cc(Oc2ccc(Cl)cc2)cc([N+](=O)[O-])c1)c1ccc(COc2c(F)c(F)cc(F)c2F)o1. The molecule has 3 aromatic carbocycles. The van der Waals surface area contributed by atoms with Gasteiger partial charge < -0.3 is 19.2 Å². The lowest BCUT2D eigenvalue weighted by Crippen LogP contribution is -2.11. The van der Waals surface area contributed by atoms with Gasteiger partial charge in [0.25, 0.3) is 11.6 Å². The van der Waals surface area contributed by atoms with E-state index in [2.05, 4.69) is 5.32 Å². The van der Waals surface area contributed by atoms with Crippen LogP contribution in [0.4, 0.5) is 28.9 Å². The van der Waals surface area contributed by atoms with Crippen molar-refractivity contribution in [2.45, 2.75) is 6.61 Å². The minimum Gasteiger partial charge on any atom is -0.479 e. The van der Waals surface area contributed by atoms with Gasteiger partial charge in [0.15, 0.2) is 23.1 Å². The normalized spacial score (nSPS) is 10.7. The molecule has 0 atom stereocenters. The Balaban J connectivity index is 1.48. The maximum atomic E-state index is 13.7. The van der Waals surface area contributed by atoms with Crippen LogP contribution in [0, 0.1) is 33.4 Å². The highest BCUT2D eigenvalue weighted by atomic mass is 35.5. The molecule has 0 aliphatic carbocycles. The van der Waals surface area contributed by atoms with Gasteiger partial charge in [-0.1, -0.05) is 11.6 Å². The van der Waals surface area contributed by atoms with Gasteiger partial charge in [-0.15, -0.1) is 0 Å². The van der Waals surface area contributed by atoms with E-state index in [0.717, 1.165) is 12.1 Å². The highest BCUT2D eigenvalue weighted by molar-refractivity contribution is 6.30. The molecule has 0 aliphatic heterocycles. The van der Waals surface area contributed by atoms with Crippen LogP contribution in [0.5, 0.6) is 17.2 Å². The number of ether oxygens (including phenoxy) is 2. The van der Waals surface area contributed by atoms with Crippen molar-refractivity contribution in [1.29, 1.82) is 0 Å². The molecule has 0 fully saturated rings. The van der Waals surface area contributed by atoms with E-state index in [1.54, 1.807) is 24.3 Å². The van der Waals surface area contributed by atoms with Gasteiger partial charge in [0, 0.05) is 23.2 Å². The molecule has 0 unspecified atom stereocenters. The fourth-order valence-corrected chi connectivity index (χ4v) is 3.18. The second kappa shape index (κ2) is 10.6. The van der Waals surface area contributed by atoms with Crippen LogP contribution < -0.4 is 14.8 Å². The van der Waals surface area contributed by atoms with Crippen molar-refractivity contribution in [2.75, 3.05) is 5.32 Å². The Morgan fingerprint density at radius 3 is 2.27 bits per heavy atom. The van der Waals surface area contributed by atoms with E-state index in [0.29, 0.717) is 10.8 Å². The molecule has 0 bridgehead atoms. The Bertz CT molecular complexity index is 1470. The molecule has 190 valence electrons. The van der Waals surface area contributed by atoms with Gasteiger partial charge in [0.1, 0.15) is 23.9 Å². The van der Waals surface area contributed by atoms with Gasteiger partial charge in [-0.25, -0.2) is 8.78 Å². The summed E-state index contributed by atoms with van der Waals surface area (Å²) in [5.74, 6) is -8.90. The van der Waals surface area contributed by atoms with E-state index in [-0.39, 0.29) is 34.7 Å². The second-order valence-corrected chi connectivity index (χ2v) is 7.77. The quantitative estimate of drug-likeness (QED) is 0.112. The Labute approximate surface area is 210 Å². The summed E-state index contributed by atoms with van der Waals surface area (Å²) in [4.78, 5) is 23.2. The largest absolute Gasteiger partial charge is 0.479 e. The number of non-ortho nitro benzene ring substituents is 1. The third-order valence-electron chi connectivity index (χ3n) is 4.73. The van der Waals surface area contributed by atoms with Gasteiger partial charge in [-0.05, 0) is 36.4 Å². The van der Waals surface area contributed by atoms with Gasteiger partial charge in [-0.3, -0.25) is 14.9 Å². The Kier molecular flexibility index (Phi) is 7.30. The number of hydrogen-bond acceptors (Lipinski definition) is 6. The first-order valence-electron chi connectivity index (χ1n) is 10.2. The second-order valence-electron chi connectivity index (χ2n) is 7.33. The summed E-state index contributed by atoms with van der Waals surface area (Å²) in [6.45, 7) is -0.667. The lowest BCUT2D eigenvalue weighted by Gasteiger charge is -2.09. The predicted octanol–water partition coefficient (Wildman–Crippen LogP) is 7.02. The average Bonchev–Trinajstić information content (AvgIpc) is 3.33. The number of rotatable bonds is 8. The number of benzene rings is 3. The number of nitrogens with zero attached hydrogens (tertiary/aromatic N) is 1. The number of carbonyl (C=O) groups is 1. The molecule has 37 heavy (non-hydrogen) atoms. The minimum absolute atomic E-state index is 0.00302. The Hall–Kier alpha value is -4.58. The molecule has 1 N–H and O–H groups in total. The third kappa shape index (κ3) is 5.98. The number of nitro benzene ring substituents is 1. The average molecular weight is 537 g/mol. The summed E-state index contributed by atoms with van der Waals surface area (Å²) in [7, 11) is 0. The van der Waals surface area contributed by atoms with Crippen molar-refractivity contribution in [3.8, 4) is 17.2 Å². The molecule has 0 saturated carbocycles. The number of amides is 1. The Morgan fingerprint density at radius 2 is 1.62 bits per heavy atom. The maximum Gasteiger partial charge on any atom is 0.291 e. The molecule has 8 nitrogen and oxygen atoms in total. The number of hydrogen-bond donors (Lipinski definition) is 1. The fraction of sp³-hybridized carbons (Fsp3) is 0.0417. The molecule has 13 heteroatoms. The van der Waals surface area contributed by atoms with Gasteiger partial charge in [-0.2, -0.15) is 8.78 Å². The smallest absolute Gasteiger partial charge is 0.291 e.